The smallest absolute Gasteiger partial charge is 0.270 e. The minimum atomic E-state index is -2.80. The van der Waals surface area contributed by atoms with Crippen LogP contribution in [0.1, 0.15) is 56.2 Å². The van der Waals surface area contributed by atoms with Crippen molar-refractivity contribution in [3.63, 3.8) is 0 Å². The maximum atomic E-state index is 13.6. The minimum Gasteiger partial charge on any atom is -0.383 e. The van der Waals surface area contributed by atoms with Crippen molar-refractivity contribution in [1.29, 1.82) is 0 Å². The minimum absolute atomic E-state index is 0.00960. The lowest BCUT2D eigenvalue weighted by Crippen LogP contribution is -2.25. The van der Waals surface area contributed by atoms with Gasteiger partial charge in [0, 0.05) is 25.6 Å². The molecule has 1 aromatic carbocycles. The van der Waals surface area contributed by atoms with Crippen molar-refractivity contribution in [2.75, 3.05) is 13.7 Å². The molecule has 0 bridgehead atoms. The molecule has 0 fully saturated rings. The number of hydrogen-bond acceptors (Lipinski definition) is 2. The van der Waals surface area contributed by atoms with Gasteiger partial charge >= 0.3 is 0 Å². The lowest BCUT2D eigenvalue weighted by atomic mass is 9.93. The van der Waals surface area contributed by atoms with Gasteiger partial charge in [0.1, 0.15) is 0 Å². The van der Waals surface area contributed by atoms with E-state index in [4.69, 9.17) is 10.5 Å². The number of aryl methyl sites for hydroxylation is 1. The number of hydrogen-bond donors (Lipinski definition) is 1. The van der Waals surface area contributed by atoms with Gasteiger partial charge in [-0.15, -0.1) is 0 Å². The van der Waals surface area contributed by atoms with Crippen LogP contribution in [0.2, 0.25) is 0 Å². The molecule has 0 aliphatic heterocycles. The van der Waals surface area contributed by atoms with Crippen LogP contribution in [0.25, 0.3) is 0 Å². The fraction of sp³-hybridized carbons (Fsp3) is 0.647. The molecular formula is C17H27F2NO. The summed E-state index contributed by atoms with van der Waals surface area (Å²) < 4.78 is 32.2. The first-order chi connectivity index (χ1) is 9.74. The maximum absolute atomic E-state index is 13.6. The number of methoxy groups -OCH3 is 1. The van der Waals surface area contributed by atoms with Crippen molar-refractivity contribution in [2.45, 2.75) is 57.9 Å². The van der Waals surface area contributed by atoms with Crippen LogP contribution in [0.3, 0.4) is 0 Å². The topological polar surface area (TPSA) is 35.2 Å². The quantitative estimate of drug-likeness (QED) is 0.780. The van der Waals surface area contributed by atoms with Crippen LogP contribution >= 0.6 is 0 Å². The van der Waals surface area contributed by atoms with Gasteiger partial charge in [0.15, 0.2) is 0 Å². The summed E-state index contributed by atoms with van der Waals surface area (Å²) in [6.07, 6.45) is 2.47. The Morgan fingerprint density at radius 1 is 1.24 bits per heavy atom. The molecule has 1 aromatic rings. The molecule has 0 spiro atoms. The van der Waals surface area contributed by atoms with Crippen molar-refractivity contribution in [3.8, 4) is 0 Å². The largest absolute Gasteiger partial charge is 0.383 e. The summed E-state index contributed by atoms with van der Waals surface area (Å²) in [5, 5.41) is 0. The molecular weight excluding hydrogens is 272 g/mol. The molecule has 2 N–H and O–H groups in total. The highest BCUT2D eigenvalue weighted by Gasteiger charge is 2.25. The Morgan fingerprint density at radius 2 is 1.90 bits per heavy atom. The third-order valence-electron chi connectivity index (χ3n) is 3.61. The molecule has 0 heterocycles. The van der Waals surface area contributed by atoms with E-state index >= 15 is 0 Å². The molecule has 0 saturated carbocycles. The first-order valence-electron chi connectivity index (χ1n) is 7.50. The van der Waals surface area contributed by atoms with Crippen LogP contribution in [0.15, 0.2) is 18.2 Å². The Labute approximate surface area is 126 Å². The second-order valence-corrected chi connectivity index (χ2v) is 6.11. The molecule has 0 aliphatic rings. The highest BCUT2D eigenvalue weighted by molar-refractivity contribution is 5.34. The first kappa shape index (κ1) is 18.1. The number of alkyl halides is 2. The molecule has 0 radical (unpaired) electrons. The van der Waals surface area contributed by atoms with E-state index in [0.29, 0.717) is 6.61 Å². The number of rotatable bonds is 8. The molecule has 4 heteroatoms. The average molecular weight is 299 g/mol. The summed E-state index contributed by atoms with van der Waals surface area (Å²) in [7, 11) is 1.63. The van der Waals surface area contributed by atoms with Crippen LogP contribution in [0, 0.1) is 0 Å². The Hall–Kier alpha value is -1.00. The van der Waals surface area contributed by atoms with Crippen molar-refractivity contribution in [1.82, 2.24) is 0 Å². The standard InChI is InChI=1S/C17H27F2NO/c1-12(2)14-8-13(6-5-7-16(20)11-21-4)9-15(10-14)17(3,18)19/h8-10,12,16H,5-7,11,20H2,1-4H3/t16-/m1/s1. The zero-order valence-corrected chi connectivity index (χ0v) is 13.5. The third-order valence-corrected chi connectivity index (χ3v) is 3.61. The maximum Gasteiger partial charge on any atom is 0.270 e. The summed E-state index contributed by atoms with van der Waals surface area (Å²) >= 11 is 0. The molecule has 1 rings (SSSR count). The molecule has 0 unspecified atom stereocenters. The van der Waals surface area contributed by atoms with E-state index in [1.54, 1.807) is 19.2 Å². The summed E-state index contributed by atoms with van der Waals surface area (Å²) in [6.45, 7) is 5.52. The zero-order chi connectivity index (χ0) is 16.0. The Morgan fingerprint density at radius 3 is 2.43 bits per heavy atom. The fourth-order valence-electron chi connectivity index (χ4n) is 2.32. The van der Waals surface area contributed by atoms with E-state index < -0.39 is 5.92 Å². The molecule has 0 saturated heterocycles. The average Bonchev–Trinajstić information content (AvgIpc) is 2.37. The van der Waals surface area contributed by atoms with Crippen LogP contribution in [0.5, 0.6) is 0 Å². The fourth-order valence-corrected chi connectivity index (χ4v) is 2.32. The molecule has 2 nitrogen and oxygen atoms in total. The van der Waals surface area contributed by atoms with E-state index in [1.165, 1.54) is 0 Å². The number of ether oxygens (including phenoxy) is 1. The predicted octanol–water partition coefficient (Wildman–Crippen LogP) is 4.22. The Kier molecular flexibility index (Phi) is 6.75. The van der Waals surface area contributed by atoms with E-state index in [9.17, 15) is 8.78 Å². The molecule has 1 atom stereocenters. The Balaban J connectivity index is 2.79. The summed E-state index contributed by atoms with van der Waals surface area (Å²) in [5.74, 6) is -2.56. The highest BCUT2D eigenvalue weighted by atomic mass is 19.3. The zero-order valence-electron chi connectivity index (χ0n) is 13.5. The van der Waals surface area contributed by atoms with Gasteiger partial charge in [-0.3, -0.25) is 0 Å². The van der Waals surface area contributed by atoms with Gasteiger partial charge < -0.3 is 10.5 Å². The van der Waals surface area contributed by atoms with Crippen molar-refractivity contribution >= 4 is 0 Å². The molecule has 0 aliphatic carbocycles. The SMILES string of the molecule is COC[C@H](N)CCCc1cc(C(C)C)cc(C(C)(F)F)c1. The van der Waals surface area contributed by atoms with E-state index in [0.717, 1.165) is 37.3 Å². The number of benzene rings is 1. The third kappa shape index (κ3) is 6.10. The summed E-state index contributed by atoms with van der Waals surface area (Å²) in [6, 6.07) is 5.27. The van der Waals surface area contributed by atoms with Gasteiger partial charge in [-0.05, 0) is 48.4 Å². The number of nitrogens with two attached hydrogens (primary N) is 1. The molecule has 0 amide bonds. The van der Waals surface area contributed by atoms with Gasteiger partial charge in [-0.1, -0.05) is 19.9 Å². The van der Waals surface area contributed by atoms with E-state index in [1.807, 2.05) is 19.9 Å². The predicted molar refractivity (Wildman–Crippen MR) is 82.9 cm³/mol. The number of halogens is 2. The Bertz CT molecular complexity index is 441. The summed E-state index contributed by atoms with van der Waals surface area (Å²) in [4.78, 5) is 0. The van der Waals surface area contributed by atoms with Crippen molar-refractivity contribution in [3.05, 3.63) is 34.9 Å². The molecule has 0 aromatic heterocycles. The molecule has 21 heavy (non-hydrogen) atoms. The normalized spacial score (nSPS) is 13.7. The van der Waals surface area contributed by atoms with Crippen LogP contribution in [-0.4, -0.2) is 19.8 Å². The van der Waals surface area contributed by atoms with Gasteiger partial charge in [-0.25, -0.2) is 8.78 Å². The molecule has 120 valence electrons. The van der Waals surface area contributed by atoms with Crippen molar-refractivity contribution < 1.29 is 13.5 Å². The van der Waals surface area contributed by atoms with Crippen LogP contribution < -0.4 is 5.73 Å². The van der Waals surface area contributed by atoms with Gasteiger partial charge in [0.2, 0.25) is 0 Å². The van der Waals surface area contributed by atoms with Gasteiger partial charge in [-0.2, -0.15) is 0 Å². The van der Waals surface area contributed by atoms with Crippen molar-refractivity contribution in [2.24, 2.45) is 5.73 Å². The van der Waals surface area contributed by atoms with E-state index in [2.05, 4.69) is 0 Å². The van der Waals surface area contributed by atoms with Crippen LogP contribution in [-0.2, 0) is 17.1 Å². The highest BCUT2D eigenvalue weighted by Crippen LogP contribution is 2.31. The van der Waals surface area contributed by atoms with Gasteiger partial charge in [0.05, 0.1) is 6.61 Å². The second kappa shape index (κ2) is 7.85. The monoisotopic (exact) mass is 299 g/mol. The lowest BCUT2D eigenvalue weighted by Gasteiger charge is -2.17. The van der Waals surface area contributed by atoms with E-state index in [-0.39, 0.29) is 17.5 Å². The second-order valence-electron chi connectivity index (χ2n) is 6.11. The van der Waals surface area contributed by atoms with Gasteiger partial charge in [0.25, 0.3) is 5.92 Å². The van der Waals surface area contributed by atoms with Crippen LogP contribution in [0.4, 0.5) is 8.78 Å². The summed E-state index contributed by atoms with van der Waals surface area (Å²) in [5.41, 5.74) is 7.91. The first-order valence-corrected chi connectivity index (χ1v) is 7.50. The lowest BCUT2D eigenvalue weighted by molar-refractivity contribution is 0.0173.